The number of para-hydroxylation sites is 1. The summed E-state index contributed by atoms with van der Waals surface area (Å²) in [6.07, 6.45) is 0.586. The number of rotatable bonds is 6. The van der Waals surface area contributed by atoms with Crippen LogP contribution in [0, 0.1) is 5.41 Å². The molecule has 1 amide bonds. The zero-order valence-corrected chi connectivity index (χ0v) is 17.7. The van der Waals surface area contributed by atoms with Crippen molar-refractivity contribution in [1.29, 1.82) is 0 Å². The van der Waals surface area contributed by atoms with Gasteiger partial charge in [-0.2, -0.15) is 5.10 Å². The molecule has 4 nitrogen and oxygen atoms in total. The number of halogens is 2. The van der Waals surface area contributed by atoms with Gasteiger partial charge in [-0.25, -0.2) is 8.78 Å². The first-order valence-corrected chi connectivity index (χ1v) is 9.95. The highest BCUT2D eigenvalue weighted by Gasteiger charge is 2.23. The lowest BCUT2D eigenvalue weighted by molar-refractivity contribution is 0.101. The number of hydrogen-bond acceptors (Lipinski definition) is 2. The molecule has 3 aromatic rings. The fourth-order valence-corrected chi connectivity index (χ4v) is 3.25. The molecule has 0 fully saturated rings. The van der Waals surface area contributed by atoms with Crippen molar-refractivity contribution in [3.05, 3.63) is 71.5 Å². The number of carbonyl (C=O) groups excluding carboxylic acids is 1. The van der Waals surface area contributed by atoms with E-state index in [2.05, 4.69) is 43.3 Å². The Morgan fingerprint density at radius 3 is 2.40 bits per heavy atom. The third-order valence-corrected chi connectivity index (χ3v) is 4.91. The Bertz CT molecular complexity index is 1020. The van der Waals surface area contributed by atoms with E-state index >= 15 is 0 Å². The summed E-state index contributed by atoms with van der Waals surface area (Å²) in [5.74, 6) is -0.604. The molecule has 0 aliphatic carbocycles. The van der Waals surface area contributed by atoms with Gasteiger partial charge >= 0.3 is 0 Å². The number of nitrogens with one attached hydrogen (secondary N) is 1. The molecule has 2 aromatic carbocycles. The van der Waals surface area contributed by atoms with E-state index in [1.807, 2.05) is 24.3 Å². The summed E-state index contributed by atoms with van der Waals surface area (Å²) in [4.78, 5) is 12.7. The minimum Gasteiger partial charge on any atom is -0.321 e. The highest BCUT2D eigenvalue weighted by Crippen LogP contribution is 2.30. The first-order chi connectivity index (χ1) is 14.1. The Kier molecular flexibility index (Phi) is 6.34. The predicted octanol–water partition coefficient (Wildman–Crippen LogP) is 6.26. The van der Waals surface area contributed by atoms with Gasteiger partial charge in [-0.1, -0.05) is 63.2 Å². The maximum absolute atomic E-state index is 13.2. The lowest BCUT2D eigenvalue weighted by atomic mass is 9.88. The Balaban J connectivity index is 1.82. The fraction of sp³-hybridized carbons (Fsp3) is 0.333. The van der Waals surface area contributed by atoms with E-state index < -0.39 is 18.0 Å². The van der Waals surface area contributed by atoms with Crippen LogP contribution in [0.2, 0.25) is 0 Å². The Hall–Kier alpha value is -3.02. The molecule has 0 bridgehead atoms. The van der Waals surface area contributed by atoms with Gasteiger partial charge in [0.25, 0.3) is 12.3 Å². The average molecular weight is 411 g/mol. The highest BCUT2D eigenvalue weighted by atomic mass is 19.3. The summed E-state index contributed by atoms with van der Waals surface area (Å²) in [5, 5.41) is 6.47. The van der Waals surface area contributed by atoms with Crippen LogP contribution in [0.25, 0.3) is 11.1 Å². The minimum atomic E-state index is -2.82. The van der Waals surface area contributed by atoms with Gasteiger partial charge in [-0.05, 0) is 35.4 Å². The van der Waals surface area contributed by atoms with Gasteiger partial charge in [0.05, 0.1) is 5.56 Å². The number of nitrogens with zero attached hydrogens (tertiary/aromatic N) is 2. The number of amides is 1. The number of aromatic nitrogens is 2. The van der Waals surface area contributed by atoms with Crippen LogP contribution in [0.15, 0.2) is 54.7 Å². The number of alkyl halides is 2. The summed E-state index contributed by atoms with van der Waals surface area (Å²) in [5.41, 5.74) is 3.23. The van der Waals surface area contributed by atoms with Crippen molar-refractivity contribution in [2.24, 2.45) is 12.5 Å². The largest absolute Gasteiger partial charge is 0.321 e. The van der Waals surface area contributed by atoms with Gasteiger partial charge in [-0.15, -0.1) is 0 Å². The van der Waals surface area contributed by atoms with Crippen LogP contribution in [0.4, 0.5) is 14.5 Å². The van der Waals surface area contributed by atoms with Crippen molar-refractivity contribution < 1.29 is 13.6 Å². The van der Waals surface area contributed by atoms with Crippen LogP contribution >= 0.6 is 0 Å². The molecule has 0 atom stereocenters. The van der Waals surface area contributed by atoms with E-state index in [4.69, 9.17) is 0 Å². The zero-order chi connectivity index (χ0) is 21.9. The van der Waals surface area contributed by atoms with E-state index in [9.17, 15) is 13.6 Å². The van der Waals surface area contributed by atoms with Gasteiger partial charge in [0.1, 0.15) is 5.69 Å². The van der Waals surface area contributed by atoms with E-state index in [0.717, 1.165) is 24.0 Å². The molecule has 1 aromatic heterocycles. The van der Waals surface area contributed by atoms with Crippen LogP contribution in [-0.4, -0.2) is 15.7 Å². The minimum absolute atomic E-state index is 0.125. The maximum Gasteiger partial charge on any atom is 0.282 e. The smallest absolute Gasteiger partial charge is 0.282 e. The molecule has 0 radical (unpaired) electrons. The Morgan fingerprint density at radius 2 is 1.77 bits per heavy atom. The van der Waals surface area contributed by atoms with Crippen LogP contribution in [0.1, 0.15) is 55.2 Å². The number of aryl methyl sites for hydroxylation is 2. The molecule has 0 saturated heterocycles. The third kappa shape index (κ3) is 5.32. The van der Waals surface area contributed by atoms with Crippen molar-refractivity contribution in [2.45, 2.75) is 40.0 Å². The summed E-state index contributed by atoms with van der Waals surface area (Å²) in [7, 11) is 1.51. The molecule has 1 N–H and O–H groups in total. The normalized spacial score (nSPS) is 11.7. The second kappa shape index (κ2) is 8.78. The topological polar surface area (TPSA) is 46.9 Å². The SMILES string of the molecule is Cn1cc(C(=O)Nc2ccccc2-c2ccc(CCC(C)(C)C)cc2)c(C(F)F)n1. The van der Waals surface area contributed by atoms with Crippen LogP contribution < -0.4 is 5.32 Å². The Morgan fingerprint density at radius 1 is 1.10 bits per heavy atom. The third-order valence-electron chi connectivity index (χ3n) is 4.91. The number of anilines is 1. The van der Waals surface area contributed by atoms with Crippen LogP contribution in [-0.2, 0) is 13.5 Å². The van der Waals surface area contributed by atoms with Crippen molar-refractivity contribution in [2.75, 3.05) is 5.32 Å². The second-order valence-electron chi connectivity index (χ2n) is 8.66. The van der Waals surface area contributed by atoms with E-state index in [-0.39, 0.29) is 11.0 Å². The molecule has 30 heavy (non-hydrogen) atoms. The van der Waals surface area contributed by atoms with E-state index in [1.54, 1.807) is 12.1 Å². The average Bonchev–Trinajstić information content (AvgIpc) is 3.09. The van der Waals surface area contributed by atoms with Crippen LogP contribution in [0.5, 0.6) is 0 Å². The quantitative estimate of drug-likeness (QED) is 0.521. The van der Waals surface area contributed by atoms with Crippen LogP contribution in [0.3, 0.4) is 0 Å². The fourth-order valence-electron chi connectivity index (χ4n) is 3.25. The molecular formula is C24H27F2N3O. The molecule has 6 heteroatoms. The highest BCUT2D eigenvalue weighted by molar-refractivity contribution is 6.06. The zero-order valence-electron chi connectivity index (χ0n) is 17.7. The van der Waals surface area contributed by atoms with E-state index in [0.29, 0.717) is 5.69 Å². The molecule has 0 unspecified atom stereocenters. The van der Waals surface area contributed by atoms with Crippen molar-refractivity contribution in [3.8, 4) is 11.1 Å². The van der Waals surface area contributed by atoms with Crippen molar-refractivity contribution >= 4 is 11.6 Å². The van der Waals surface area contributed by atoms with Gasteiger partial charge < -0.3 is 5.32 Å². The van der Waals surface area contributed by atoms with Gasteiger partial charge in [0.15, 0.2) is 0 Å². The number of carbonyl (C=O) groups is 1. The molecular weight excluding hydrogens is 384 g/mol. The molecule has 1 heterocycles. The summed E-state index contributed by atoms with van der Waals surface area (Å²) < 4.78 is 27.6. The van der Waals surface area contributed by atoms with Crippen molar-refractivity contribution in [3.63, 3.8) is 0 Å². The molecule has 0 aliphatic rings. The first kappa shape index (κ1) is 21.7. The summed E-state index contributed by atoms with van der Waals surface area (Å²) >= 11 is 0. The molecule has 3 rings (SSSR count). The van der Waals surface area contributed by atoms with E-state index in [1.165, 1.54) is 23.5 Å². The first-order valence-electron chi connectivity index (χ1n) is 9.95. The summed E-state index contributed by atoms with van der Waals surface area (Å²) in [6, 6.07) is 15.6. The van der Waals surface area contributed by atoms with Crippen molar-refractivity contribution in [1.82, 2.24) is 9.78 Å². The van der Waals surface area contributed by atoms with Gasteiger partial charge in [0.2, 0.25) is 0 Å². The standard InChI is InChI=1S/C24H27F2N3O/c1-24(2,3)14-13-16-9-11-17(12-10-16)18-7-5-6-8-20(18)27-23(30)19-15-29(4)28-21(19)22(25)26/h5-12,15,22H,13-14H2,1-4H3,(H,27,30). The van der Waals surface area contributed by atoms with Gasteiger partial charge in [-0.3, -0.25) is 9.48 Å². The molecule has 0 aliphatic heterocycles. The lowest BCUT2D eigenvalue weighted by Gasteiger charge is -2.18. The molecule has 158 valence electrons. The monoisotopic (exact) mass is 411 g/mol. The predicted molar refractivity (Wildman–Crippen MR) is 116 cm³/mol. The van der Waals surface area contributed by atoms with Gasteiger partial charge in [0, 0.05) is 24.5 Å². The number of hydrogen-bond donors (Lipinski definition) is 1. The number of benzene rings is 2. The second-order valence-corrected chi connectivity index (χ2v) is 8.66. The molecule has 0 saturated carbocycles. The maximum atomic E-state index is 13.2. The lowest BCUT2D eigenvalue weighted by Crippen LogP contribution is -2.14. The summed E-state index contributed by atoms with van der Waals surface area (Å²) in [6.45, 7) is 6.67. The molecule has 0 spiro atoms. The Labute approximate surface area is 175 Å².